The van der Waals surface area contributed by atoms with Gasteiger partial charge in [0.05, 0.1) is 10.5 Å². The van der Waals surface area contributed by atoms with Gasteiger partial charge in [0.1, 0.15) is 0 Å². The van der Waals surface area contributed by atoms with E-state index in [2.05, 4.69) is 12.2 Å². The van der Waals surface area contributed by atoms with E-state index in [0.717, 1.165) is 38.5 Å². The summed E-state index contributed by atoms with van der Waals surface area (Å²) in [6.45, 7) is 6.38. The molecule has 1 heterocycles. The topological polar surface area (TPSA) is 92.8 Å². The normalized spacial score (nSPS) is 23.7. The van der Waals surface area contributed by atoms with Crippen LogP contribution in [-0.4, -0.2) is 49.8 Å². The minimum absolute atomic E-state index is 0.0834. The Labute approximate surface area is 185 Å². The molecule has 0 bridgehead atoms. The summed E-state index contributed by atoms with van der Waals surface area (Å²) in [5.74, 6) is -0.603. The monoisotopic (exact) mass is 450 g/mol. The summed E-state index contributed by atoms with van der Waals surface area (Å²) in [6.07, 6.45) is 6.02. The summed E-state index contributed by atoms with van der Waals surface area (Å²) in [7, 11) is -3.66. The zero-order valence-electron chi connectivity index (χ0n) is 18.7. The average Bonchev–Trinajstić information content (AvgIpc) is 2.76. The highest BCUT2D eigenvalue weighted by molar-refractivity contribution is 7.89. The van der Waals surface area contributed by atoms with E-state index in [4.69, 9.17) is 4.74 Å². The van der Waals surface area contributed by atoms with Crippen molar-refractivity contribution >= 4 is 21.9 Å². The van der Waals surface area contributed by atoms with Gasteiger partial charge >= 0.3 is 5.97 Å². The fourth-order valence-corrected chi connectivity index (χ4v) is 5.89. The lowest BCUT2D eigenvalue weighted by atomic mass is 9.86. The number of rotatable bonds is 6. The predicted molar refractivity (Wildman–Crippen MR) is 118 cm³/mol. The van der Waals surface area contributed by atoms with E-state index in [-0.39, 0.29) is 22.4 Å². The van der Waals surface area contributed by atoms with Gasteiger partial charge in [-0.1, -0.05) is 32.3 Å². The predicted octanol–water partition coefficient (Wildman–Crippen LogP) is 3.41. The lowest BCUT2D eigenvalue weighted by molar-refractivity contribution is -0.130. The Morgan fingerprint density at radius 1 is 1.10 bits per heavy atom. The number of nitrogens with one attached hydrogen (secondary N) is 1. The van der Waals surface area contributed by atoms with Crippen molar-refractivity contribution in [3.05, 3.63) is 29.3 Å². The third-order valence-electron chi connectivity index (χ3n) is 6.47. The quantitative estimate of drug-likeness (QED) is 0.671. The van der Waals surface area contributed by atoms with E-state index >= 15 is 0 Å². The minimum atomic E-state index is -3.66. The van der Waals surface area contributed by atoms with Crippen molar-refractivity contribution in [1.29, 1.82) is 0 Å². The molecule has 0 aromatic heterocycles. The summed E-state index contributed by atoms with van der Waals surface area (Å²) in [4.78, 5) is 25.4. The van der Waals surface area contributed by atoms with E-state index in [0.29, 0.717) is 24.6 Å². The van der Waals surface area contributed by atoms with Gasteiger partial charge in [-0.15, -0.1) is 0 Å². The second-order valence-electron chi connectivity index (χ2n) is 8.87. The molecule has 1 N–H and O–H groups in total. The van der Waals surface area contributed by atoms with Crippen molar-refractivity contribution in [2.24, 2.45) is 5.92 Å². The molecule has 1 aromatic rings. The maximum atomic E-state index is 13.0. The Morgan fingerprint density at radius 2 is 1.77 bits per heavy atom. The number of amides is 1. The molecule has 1 aliphatic carbocycles. The number of benzene rings is 1. The van der Waals surface area contributed by atoms with Gasteiger partial charge in [-0.3, -0.25) is 4.79 Å². The van der Waals surface area contributed by atoms with Gasteiger partial charge in [-0.25, -0.2) is 13.2 Å². The number of esters is 1. The summed E-state index contributed by atoms with van der Waals surface area (Å²) >= 11 is 0. The molecule has 2 aliphatic rings. The van der Waals surface area contributed by atoms with E-state index in [1.807, 2.05) is 0 Å². The van der Waals surface area contributed by atoms with Gasteiger partial charge < -0.3 is 10.1 Å². The molecule has 3 rings (SSSR count). The van der Waals surface area contributed by atoms with E-state index in [1.165, 1.54) is 22.9 Å². The number of nitrogens with zero attached hydrogens (tertiary/aromatic N) is 1. The minimum Gasteiger partial charge on any atom is -0.449 e. The molecule has 172 valence electrons. The fraction of sp³-hybridized carbons (Fsp3) is 0.652. The van der Waals surface area contributed by atoms with Crippen LogP contribution >= 0.6 is 0 Å². The third kappa shape index (κ3) is 5.66. The number of hydrogen-bond acceptors (Lipinski definition) is 5. The Morgan fingerprint density at radius 3 is 2.45 bits per heavy atom. The molecule has 1 aromatic carbocycles. The number of hydrogen-bond donors (Lipinski definition) is 1. The zero-order valence-corrected chi connectivity index (χ0v) is 19.5. The maximum Gasteiger partial charge on any atom is 0.339 e. The van der Waals surface area contributed by atoms with Gasteiger partial charge in [0, 0.05) is 19.1 Å². The van der Waals surface area contributed by atoms with Crippen LogP contribution in [0.25, 0.3) is 0 Å². The molecule has 1 saturated heterocycles. The van der Waals surface area contributed by atoms with Crippen LogP contribution in [0.3, 0.4) is 0 Å². The molecule has 31 heavy (non-hydrogen) atoms. The van der Waals surface area contributed by atoms with Crippen molar-refractivity contribution in [3.8, 4) is 0 Å². The Bertz CT molecular complexity index is 909. The second kappa shape index (κ2) is 10.1. The molecule has 7 nitrogen and oxygen atoms in total. The standard InChI is InChI=1S/C23H34N2O5S/c1-16-11-12-19(31(28,29)25-13-7-4-8-14-25)15-20(16)23(27)30-18(3)22(26)24-21-10-6-5-9-17(21)2/h11-12,15,17-18,21H,4-10,13-14H2,1-3H3,(H,24,26)/t17-,18-,21-/m0/s1. The number of carbonyl (C=O) groups excluding carboxylic acids is 2. The van der Waals surface area contributed by atoms with Gasteiger partial charge in [-0.05, 0) is 63.1 Å². The SMILES string of the molecule is Cc1ccc(S(=O)(=O)N2CCCCC2)cc1C(=O)O[C@@H](C)C(=O)N[C@H]1CCCC[C@@H]1C. The summed E-state index contributed by atoms with van der Waals surface area (Å²) in [6, 6.07) is 4.61. The van der Waals surface area contributed by atoms with Crippen molar-refractivity contribution in [1.82, 2.24) is 9.62 Å². The van der Waals surface area contributed by atoms with Crippen molar-refractivity contribution in [2.45, 2.75) is 82.8 Å². The smallest absolute Gasteiger partial charge is 0.339 e. The van der Waals surface area contributed by atoms with Crippen LogP contribution < -0.4 is 5.32 Å². The summed E-state index contributed by atoms with van der Waals surface area (Å²) < 4.78 is 32.8. The van der Waals surface area contributed by atoms with Gasteiger partial charge in [-0.2, -0.15) is 4.31 Å². The van der Waals surface area contributed by atoms with E-state index in [9.17, 15) is 18.0 Å². The van der Waals surface area contributed by atoms with Gasteiger partial charge in [0.15, 0.2) is 6.10 Å². The number of piperidine rings is 1. The summed E-state index contributed by atoms with van der Waals surface area (Å²) in [5, 5.41) is 3.00. The maximum absolute atomic E-state index is 13.0. The number of carbonyl (C=O) groups is 2. The van der Waals surface area contributed by atoms with Crippen LogP contribution in [0.1, 0.15) is 74.7 Å². The van der Waals surface area contributed by atoms with Crippen LogP contribution in [0.4, 0.5) is 0 Å². The van der Waals surface area contributed by atoms with Gasteiger partial charge in [0.25, 0.3) is 5.91 Å². The average molecular weight is 451 g/mol. The third-order valence-corrected chi connectivity index (χ3v) is 8.37. The Hall–Kier alpha value is -1.93. The first kappa shape index (κ1) is 23.7. The lowest BCUT2D eigenvalue weighted by Gasteiger charge is -2.30. The highest BCUT2D eigenvalue weighted by Crippen LogP contribution is 2.25. The van der Waals surface area contributed by atoms with E-state index in [1.54, 1.807) is 19.9 Å². The highest BCUT2D eigenvalue weighted by Gasteiger charge is 2.29. The first-order valence-corrected chi connectivity index (χ1v) is 12.8. The number of aryl methyl sites for hydroxylation is 1. The molecule has 1 aliphatic heterocycles. The lowest BCUT2D eigenvalue weighted by Crippen LogP contribution is -2.46. The first-order valence-electron chi connectivity index (χ1n) is 11.3. The first-order chi connectivity index (χ1) is 14.7. The molecule has 2 fully saturated rings. The molecule has 1 amide bonds. The molecular weight excluding hydrogens is 416 g/mol. The van der Waals surface area contributed by atoms with Crippen LogP contribution in [0.2, 0.25) is 0 Å². The number of ether oxygens (including phenoxy) is 1. The Kier molecular flexibility index (Phi) is 7.75. The van der Waals surface area contributed by atoms with Gasteiger partial charge in [0.2, 0.25) is 10.0 Å². The largest absolute Gasteiger partial charge is 0.449 e. The highest BCUT2D eigenvalue weighted by atomic mass is 32.2. The van der Waals surface area contributed by atoms with E-state index < -0.39 is 22.1 Å². The molecule has 0 spiro atoms. The second-order valence-corrected chi connectivity index (χ2v) is 10.8. The van der Waals surface area contributed by atoms with Crippen molar-refractivity contribution in [3.63, 3.8) is 0 Å². The van der Waals surface area contributed by atoms with Crippen LogP contribution in [-0.2, 0) is 19.6 Å². The van der Waals surface area contributed by atoms with Crippen LogP contribution in [0.5, 0.6) is 0 Å². The zero-order chi connectivity index (χ0) is 22.6. The summed E-state index contributed by atoms with van der Waals surface area (Å²) in [5.41, 5.74) is 0.778. The van der Waals surface area contributed by atoms with Crippen LogP contribution in [0, 0.1) is 12.8 Å². The molecule has 8 heteroatoms. The number of sulfonamides is 1. The molecular formula is C23H34N2O5S. The van der Waals surface area contributed by atoms with Crippen molar-refractivity contribution < 1.29 is 22.7 Å². The molecule has 0 unspecified atom stereocenters. The molecule has 0 radical (unpaired) electrons. The van der Waals surface area contributed by atoms with Crippen molar-refractivity contribution in [2.75, 3.05) is 13.1 Å². The van der Waals surface area contributed by atoms with Crippen LogP contribution in [0.15, 0.2) is 23.1 Å². The molecule has 3 atom stereocenters. The Balaban J connectivity index is 1.69. The fourth-order valence-electron chi connectivity index (χ4n) is 4.34. The molecule has 1 saturated carbocycles.